The quantitative estimate of drug-likeness (QED) is 0.156. The summed E-state index contributed by atoms with van der Waals surface area (Å²) in [7, 11) is 8.46. The molecule has 0 saturated heterocycles. The van der Waals surface area contributed by atoms with Gasteiger partial charge in [0.25, 0.3) is 0 Å². The van der Waals surface area contributed by atoms with E-state index in [0.717, 1.165) is 6.42 Å². The molecule has 0 atom stereocenters. The summed E-state index contributed by atoms with van der Waals surface area (Å²) in [6.45, 7) is 24.7. The average molecular weight is 1100 g/mol. The molecule has 0 radical (unpaired) electrons. The Labute approximate surface area is 498 Å². The van der Waals surface area contributed by atoms with Gasteiger partial charge in [-0.2, -0.15) is 4.57 Å². The Morgan fingerprint density at radius 1 is 0.313 bits per heavy atom. The zero-order chi connectivity index (χ0) is 60.0. The van der Waals surface area contributed by atoms with Crippen LogP contribution in [0, 0.1) is 27.7 Å². The molecule has 83 heavy (non-hydrogen) atoms. The maximum atomic E-state index is 2.28. The van der Waals surface area contributed by atoms with E-state index in [2.05, 4.69) is 317 Å². The minimum Gasteiger partial charge on any atom is -0.201 e. The lowest BCUT2D eigenvalue weighted by atomic mass is 9.94. The van der Waals surface area contributed by atoms with Crippen LogP contribution in [-0.2, 0) is 34.6 Å². The maximum Gasteiger partial charge on any atom is 0.220 e. The number of fused-ring (bicyclic) bond motifs is 6. The monoisotopic (exact) mass is 1090 g/mol. The second-order valence-corrected chi connectivity index (χ2v) is 19.9. The van der Waals surface area contributed by atoms with E-state index in [0.29, 0.717) is 0 Å². The van der Waals surface area contributed by atoms with Crippen molar-refractivity contribution in [1.82, 2.24) is 0 Å². The summed E-state index contributed by atoms with van der Waals surface area (Å²) < 4.78 is 8.87. The number of nitrogens with zero attached hydrogens (tertiary/aromatic N) is 4. The smallest absolute Gasteiger partial charge is 0.201 e. The van der Waals surface area contributed by atoms with Crippen molar-refractivity contribution < 1.29 is 18.3 Å². The minimum atomic E-state index is 1.04. The van der Waals surface area contributed by atoms with Gasteiger partial charge in [-0.25, -0.2) is 13.7 Å². The summed E-state index contributed by atoms with van der Waals surface area (Å²) >= 11 is 0. The van der Waals surface area contributed by atoms with E-state index < -0.39 is 0 Å². The fourth-order valence-corrected chi connectivity index (χ4v) is 10.8. The highest BCUT2D eigenvalue weighted by Gasteiger charge is 2.26. The van der Waals surface area contributed by atoms with Gasteiger partial charge in [-0.3, -0.25) is 0 Å². The van der Waals surface area contributed by atoms with E-state index in [-0.39, 0.29) is 0 Å². The van der Waals surface area contributed by atoms with Crippen LogP contribution >= 0.6 is 0 Å². The van der Waals surface area contributed by atoms with Gasteiger partial charge in [0.15, 0.2) is 18.6 Å². The molecule has 422 valence electrons. The molecular weight excluding hydrogens is 1000 g/mol. The predicted molar refractivity (Wildman–Crippen MR) is 357 cm³/mol. The Bertz CT molecular complexity index is 3980. The van der Waals surface area contributed by atoms with Gasteiger partial charge in [-0.15, -0.1) is 0 Å². The lowest BCUT2D eigenvalue weighted by Gasteiger charge is -2.10. The highest BCUT2D eigenvalue weighted by molar-refractivity contribution is 5.93. The molecule has 4 heteroatoms. The average Bonchev–Trinajstić information content (AvgIpc) is 3.99. The lowest BCUT2D eigenvalue weighted by Crippen LogP contribution is -2.32. The molecule has 0 N–H and O–H groups in total. The number of aromatic nitrogens is 4. The number of hydrogen-bond acceptors (Lipinski definition) is 0. The molecule has 0 fully saturated rings. The van der Waals surface area contributed by atoms with Crippen molar-refractivity contribution in [2.24, 2.45) is 28.2 Å². The summed E-state index contributed by atoms with van der Waals surface area (Å²) in [6.07, 6.45) is 7.48. The van der Waals surface area contributed by atoms with Crippen molar-refractivity contribution in [2.75, 3.05) is 0 Å². The maximum absolute atomic E-state index is 2.28. The Kier molecular flexibility index (Phi) is 23.9. The van der Waals surface area contributed by atoms with Crippen LogP contribution in [0.25, 0.3) is 88.6 Å². The van der Waals surface area contributed by atoms with Gasteiger partial charge in [-0.1, -0.05) is 195 Å². The Hall–Kier alpha value is -8.86. The fraction of sp³-hybridized carbons (Fsp3) is 0.215. The number of hydrogen-bond donors (Lipinski definition) is 0. The van der Waals surface area contributed by atoms with E-state index in [1.807, 2.05) is 55.4 Å². The van der Waals surface area contributed by atoms with Crippen LogP contribution in [0.4, 0.5) is 0 Å². The molecule has 0 aliphatic heterocycles. The highest BCUT2D eigenvalue weighted by Crippen LogP contribution is 2.42. The first-order chi connectivity index (χ1) is 40.5. The second-order valence-electron chi connectivity index (χ2n) is 19.9. The first-order valence-electron chi connectivity index (χ1n) is 30.0. The number of benzene rings is 8. The summed E-state index contributed by atoms with van der Waals surface area (Å²) in [6, 6.07) is 79.6. The van der Waals surface area contributed by atoms with Crippen LogP contribution in [0.3, 0.4) is 0 Å². The van der Waals surface area contributed by atoms with Gasteiger partial charge in [0.2, 0.25) is 28.3 Å². The zero-order valence-corrected chi connectivity index (χ0v) is 52.6. The molecule has 1 aliphatic rings. The molecule has 4 aromatic heterocycles. The van der Waals surface area contributed by atoms with Crippen molar-refractivity contribution in [3.8, 4) is 56.2 Å². The molecule has 0 saturated carbocycles. The molecule has 0 amide bonds. The van der Waals surface area contributed by atoms with Crippen LogP contribution < -0.4 is 18.3 Å². The van der Waals surface area contributed by atoms with E-state index >= 15 is 0 Å². The SMILES string of the molecule is CC.CC.CC.CC.Cc1ccc2c(c1-c1cccc[n+]1C)Cc1ccccc1-2.Cc1ccccc1-c1c2ccccc2cc[n+]1C.Cc1ccccc1-c1cc2ccccc2c[n+]1C.Cc1ccccc1-c1ccc2ccccc2[n+]1C. The van der Waals surface area contributed by atoms with Gasteiger partial charge in [0, 0.05) is 63.9 Å². The van der Waals surface area contributed by atoms with Gasteiger partial charge in [-0.05, 0) is 138 Å². The van der Waals surface area contributed by atoms with E-state index in [1.54, 1.807) is 0 Å². The molecule has 12 aromatic rings. The molecule has 8 aromatic carbocycles. The Morgan fingerprint density at radius 3 is 1.45 bits per heavy atom. The van der Waals surface area contributed by atoms with Gasteiger partial charge in [0.05, 0.1) is 10.9 Å². The highest BCUT2D eigenvalue weighted by atomic mass is 14.9. The second kappa shape index (κ2) is 31.4. The van der Waals surface area contributed by atoms with Crippen molar-refractivity contribution >= 4 is 32.4 Å². The van der Waals surface area contributed by atoms with Crippen LogP contribution in [0.5, 0.6) is 0 Å². The van der Waals surface area contributed by atoms with Crippen LogP contribution in [-0.4, -0.2) is 0 Å². The van der Waals surface area contributed by atoms with E-state index in [1.165, 1.54) is 122 Å². The molecule has 4 heterocycles. The first kappa shape index (κ1) is 63.3. The van der Waals surface area contributed by atoms with E-state index in [4.69, 9.17) is 0 Å². The summed E-state index contributed by atoms with van der Waals surface area (Å²) in [4.78, 5) is 0. The Morgan fingerprint density at radius 2 is 0.819 bits per heavy atom. The minimum absolute atomic E-state index is 1.04. The molecule has 13 rings (SSSR count). The Balaban J connectivity index is 0.000000171. The molecule has 1 aliphatic carbocycles. The molecular formula is C79H90N4+4. The molecule has 0 spiro atoms. The summed E-state index contributed by atoms with van der Waals surface area (Å²) in [5.41, 5.74) is 22.6. The standard InChI is InChI=1S/C20H18N.3C17H16N.4C2H6/c1-14-10-11-17-16-8-4-3-7-15(16)13-18(17)20(14)19-9-5-6-12-21(19)2;1-13-7-3-6-10-16(13)17-11-14-8-4-5-9-15(14)12-18(17)2;1-13-7-3-5-9-15(13)17-16-10-6-4-8-14(16)11-12-18(17)2;1-13-7-3-5-9-15(13)17-12-11-14-8-4-6-10-16(14)18(17)2;4*1-2/h3-12H,13H2,1-2H3;3*3-12H,1-2H3;4*1-2H3/q4*+1;;;;. The first-order valence-corrected chi connectivity index (χ1v) is 30.0. The third-order valence-electron chi connectivity index (χ3n) is 14.9. The number of para-hydroxylation sites is 1. The summed E-state index contributed by atoms with van der Waals surface area (Å²) in [5, 5.41) is 6.43. The molecule has 4 nitrogen and oxygen atoms in total. The van der Waals surface area contributed by atoms with Gasteiger partial charge >= 0.3 is 0 Å². The third-order valence-corrected chi connectivity index (χ3v) is 14.9. The van der Waals surface area contributed by atoms with Gasteiger partial charge < -0.3 is 0 Å². The number of aryl methyl sites for hydroxylation is 8. The fourth-order valence-electron chi connectivity index (χ4n) is 10.8. The van der Waals surface area contributed by atoms with E-state index in [9.17, 15) is 0 Å². The normalized spacial score (nSPS) is 10.4. The summed E-state index contributed by atoms with van der Waals surface area (Å²) in [5.74, 6) is 0. The number of pyridine rings is 4. The molecule has 0 bridgehead atoms. The third kappa shape index (κ3) is 14.8. The van der Waals surface area contributed by atoms with Crippen molar-refractivity contribution in [3.05, 3.63) is 276 Å². The van der Waals surface area contributed by atoms with Crippen LogP contribution in [0.2, 0.25) is 0 Å². The lowest BCUT2D eigenvalue weighted by molar-refractivity contribution is -0.660. The van der Waals surface area contributed by atoms with Crippen molar-refractivity contribution in [1.29, 1.82) is 0 Å². The molecule has 0 unspecified atom stereocenters. The largest absolute Gasteiger partial charge is 0.220 e. The van der Waals surface area contributed by atoms with Crippen molar-refractivity contribution in [2.45, 2.75) is 89.5 Å². The zero-order valence-electron chi connectivity index (χ0n) is 52.6. The van der Waals surface area contributed by atoms with Crippen LogP contribution in [0.15, 0.2) is 243 Å². The number of rotatable bonds is 4. The predicted octanol–water partition coefficient (Wildman–Crippen LogP) is 19.1. The van der Waals surface area contributed by atoms with Crippen molar-refractivity contribution in [3.63, 3.8) is 0 Å². The van der Waals surface area contributed by atoms with Crippen LogP contribution in [0.1, 0.15) is 88.8 Å². The topological polar surface area (TPSA) is 15.5 Å². The van der Waals surface area contributed by atoms with Gasteiger partial charge in [0.1, 0.15) is 28.2 Å².